The van der Waals surface area contributed by atoms with E-state index in [0.29, 0.717) is 13.0 Å². The van der Waals surface area contributed by atoms with Crippen LogP contribution in [0.15, 0.2) is 42.6 Å². The topological polar surface area (TPSA) is 58.1 Å². The standard InChI is InChI=1S/C24H28N4O/c1-17-20-8-4-5-9-22(20)27-18(2)21(17)14-24(29)26-16-19-10-11-23(25-15-19)28-12-6-3-7-13-28/h4-5,8-11,15H,3,6-7,12-14,16H2,1-2H3,(H,26,29). The molecule has 3 heterocycles. The van der Waals surface area contributed by atoms with Gasteiger partial charge in [0.15, 0.2) is 0 Å². The SMILES string of the molecule is Cc1nc2ccccc2c(C)c1CC(=O)NCc1ccc(N2CCCCC2)nc1. The molecule has 1 aliphatic rings. The Bertz CT molecular complexity index is 1010. The molecule has 1 saturated heterocycles. The third-order valence-electron chi connectivity index (χ3n) is 5.80. The highest BCUT2D eigenvalue weighted by Crippen LogP contribution is 2.23. The molecule has 0 aliphatic carbocycles. The third kappa shape index (κ3) is 4.39. The normalized spacial score (nSPS) is 14.2. The van der Waals surface area contributed by atoms with Crippen molar-refractivity contribution in [1.82, 2.24) is 15.3 Å². The summed E-state index contributed by atoms with van der Waals surface area (Å²) >= 11 is 0. The van der Waals surface area contributed by atoms with Gasteiger partial charge in [-0.2, -0.15) is 0 Å². The number of aromatic nitrogens is 2. The van der Waals surface area contributed by atoms with Gasteiger partial charge in [0.1, 0.15) is 5.82 Å². The van der Waals surface area contributed by atoms with Crippen LogP contribution in [0.3, 0.4) is 0 Å². The molecule has 0 bridgehead atoms. The highest BCUT2D eigenvalue weighted by atomic mass is 16.1. The molecule has 0 spiro atoms. The first kappa shape index (κ1) is 19.4. The molecule has 4 rings (SSSR count). The number of rotatable bonds is 5. The summed E-state index contributed by atoms with van der Waals surface area (Å²) < 4.78 is 0. The number of hydrogen-bond acceptors (Lipinski definition) is 4. The predicted octanol–water partition coefficient (Wildman–Crippen LogP) is 4.10. The van der Waals surface area contributed by atoms with E-state index >= 15 is 0 Å². The maximum atomic E-state index is 12.6. The minimum absolute atomic E-state index is 0.00777. The van der Waals surface area contributed by atoms with Crippen molar-refractivity contribution in [1.29, 1.82) is 0 Å². The Labute approximate surface area is 172 Å². The largest absolute Gasteiger partial charge is 0.357 e. The molecule has 3 aromatic rings. The van der Waals surface area contributed by atoms with Crippen LogP contribution < -0.4 is 10.2 Å². The van der Waals surface area contributed by atoms with Gasteiger partial charge in [0.2, 0.25) is 5.91 Å². The van der Waals surface area contributed by atoms with Gasteiger partial charge in [0.05, 0.1) is 11.9 Å². The van der Waals surface area contributed by atoms with Crippen molar-refractivity contribution < 1.29 is 4.79 Å². The quantitative estimate of drug-likeness (QED) is 0.715. The van der Waals surface area contributed by atoms with Crippen molar-refractivity contribution in [3.05, 3.63) is 65.0 Å². The Hall–Kier alpha value is -2.95. The third-order valence-corrected chi connectivity index (χ3v) is 5.80. The number of carbonyl (C=O) groups is 1. The summed E-state index contributed by atoms with van der Waals surface area (Å²) in [5, 5.41) is 4.14. The van der Waals surface area contributed by atoms with Crippen LogP contribution in [-0.4, -0.2) is 29.0 Å². The Morgan fingerprint density at radius 2 is 1.86 bits per heavy atom. The zero-order valence-electron chi connectivity index (χ0n) is 17.2. The van der Waals surface area contributed by atoms with Crippen molar-refractivity contribution in [3.8, 4) is 0 Å². The number of pyridine rings is 2. The van der Waals surface area contributed by atoms with Gasteiger partial charge in [0.25, 0.3) is 0 Å². The first-order valence-corrected chi connectivity index (χ1v) is 10.4. The number of benzene rings is 1. The zero-order chi connectivity index (χ0) is 20.2. The molecule has 1 N–H and O–H groups in total. The molecule has 1 amide bonds. The smallest absolute Gasteiger partial charge is 0.224 e. The van der Waals surface area contributed by atoms with Crippen LogP contribution in [0.2, 0.25) is 0 Å². The van der Waals surface area contributed by atoms with E-state index in [0.717, 1.165) is 52.2 Å². The highest BCUT2D eigenvalue weighted by Gasteiger charge is 2.14. The number of amides is 1. The number of aryl methyl sites for hydroxylation is 2. The lowest BCUT2D eigenvalue weighted by Crippen LogP contribution is -2.30. The lowest BCUT2D eigenvalue weighted by atomic mass is 9.99. The molecule has 2 aromatic heterocycles. The monoisotopic (exact) mass is 388 g/mol. The minimum Gasteiger partial charge on any atom is -0.357 e. The first-order valence-electron chi connectivity index (χ1n) is 10.4. The Morgan fingerprint density at radius 1 is 1.07 bits per heavy atom. The number of carbonyl (C=O) groups excluding carboxylic acids is 1. The van der Waals surface area contributed by atoms with Crippen LogP contribution in [0.1, 0.15) is 41.6 Å². The number of nitrogens with zero attached hydrogens (tertiary/aromatic N) is 3. The van der Waals surface area contributed by atoms with Gasteiger partial charge in [-0.05, 0) is 61.9 Å². The summed E-state index contributed by atoms with van der Waals surface area (Å²) in [5.74, 6) is 1.04. The molecule has 29 heavy (non-hydrogen) atoms. The molecule has 1 fully saturated rings. The van der Waals surface area contributed by atoms with E-state index < -0.39 is 0 Å². The van der Waals surface area contributed by atoms with E-state index in [1.54, 1.807) is 0 Å². The van der Waals surface area contributed by atoms with E-state index in [9.17, 15) is 4.79 Å². The summed E-state index contributed by atoms with van der Waals surface area (Å²) in [6, 6.07) is 12.2. The fourth-order valence-electron chi connectivity index (χ4n) is 4.09. The lowest BCUT2D eigenvalue weighted by Gasteiger charge is -2.27. The zero-order valence-corrected chi connectivity index (χ0v) is 17.2. The summed E-state index contributed by atoms with van der Waals surface area (Å²) in [6.07, 6.45) is 6.00. The molecule has 5 nitrogen and oxygen atoms in total. The first-order chi connectivity index (χ1) is 14.1. The highest BCUT2D eigenvalue weighted by molar-refractivity contribution is 5.86. The van der Waals surface area contributed by atoms with E-state index in [4.69, 9.17) is 0 Å². The van der Waals surface area contributed by atoms with E-state index in [1.165, 1.54) is 19.3 Å². The number of piperidine rings is 1. The second kappa shape index (κ2) is 8.60. The maximum absolute atomic E-state index is 12.6. The van der Waals surface area contributed by atoms with Gasteiger partial charge in [-0.15, -0.1) is 0 Å². The average molecular weight is 389 g/mol. The van der Waals surface area contributed by atoms with E-state index in [2.05, 4.69) is 45.3 Å². The number of para-hydroxylation sites is 1. The summed E-state index contributed by atoms with van der Waals surface area (Å²) in [4.78, 5) is 24.2. The molecule has 1 aliphatic heterocycles. The van der Waals surface area contributed by atoms with Gasteiger partial charge >= 0.3 is 0 Å². The molecule has 150 valence electrons. The molecule has 0 atom stereocenters. The van der Waals surface area contributed by atoms with Crippen molar-refractivity contribution in [2.24, 2.45) is 0 Å². The van der Waals surface area contributed by atoms with Crippen molar-refractivity contribution >= 4 is 22.6 Å². The van der Waals surface area contributed by atoms with Gasteiger partial charge in [-0.1, -0.05) is 24.3 Å². The molecular formula is C24H28N4O. The van der Waals surface area contributed by atoms with Crippen LogP contribution in [0, 0.1) is 13.8 Å². The Balaban J connectivity index is 1.38. The minimum atomic E-state index is 0.00777. The number of nitrogens with one attached hydrogen (secondary N) is 1. The second-order valence-corrected chi connectivity index (χ2v) is 7.84. The van der Waals surface area contributed by atoms with Gasteiger partial charge in [-0.25, -0.2) is 4.98 Å². The van der Waals surface area contributed by atoms with Crippen molar-refractivity contribution in [3.63, 3.8) is 0 Å². The average Bonchev–Trinajstić information content (AvgIpc) is 2.76. The number of anilines is 1. The number of hydrogen-bond donors (Lipinski definition) is 1. The van der Waals surface area contributed by atoms with Crippen molar-refractivity contribution in [2.45, 2.75) is 46.1 Å². The van der Waals surface area contributed by atoms with Crippen LogP contribution in [0.25, 0.3) is 10.9 Å². The molecular weight excluding hydrogens is 360 g/mol. The maximum Gasteiger partial charge on any atom is 0.224 e. The summed E-state index contributed by atoms with van der Waals surface area (Å²) in [7, 11) is 0. The summed E-state index contributed by atoms with van der Waals surface area (Å²) in [6.45, 7) is 6.71. The van der Waals surface area contributed by atoms with Crippen LogP contribution >= 0.6 is 0 Å². The fourth-order valence-corrected chi connectivity index (χ4v) is 4.09. The van der Waals surface area contributed by atoms with Crippen LogP contribution in [-0.2, 0) is 17.8 Å². The molecule has 0 radical (unpaired) electrons. The van der Waals surface area contributed by atoms with Gasteiger partial charge in [0, 0.05) is 36.9 Å². The van der Waals surface area contributed by atoms with E-state index in [-0.39, 0.29) is 5.91 Å². The van der Waals surface area contributed by atoms with E-state index in [1.807, 2.05) is 31.3 Å². The van der Waals surface area contributed by atoms with Gasteiger partial charge < -0.3 is 10.2 Å². The molecule has 0 unspecified atom stereocenters. The van der Waals surface area contributed by atoms with Crippen LogP contribution in [0.5, 0.6) is 0 Å². The Kier molecular flexibility index (Phi) is 5.74. The lowest BCUT2D eigenvalue weighted by molar-refractivity contribution is -0.120. The number of fused-ring (bicyclic) bond motifs is 1. The molecule has 5 heteroatoms. The molecule has 1 aromatic carbocycles. The molecule has 0 saturated carbocycles. The predicted molar refractivity (Wildman–Crippen MR) is 117 cm³/mol. The second-order valence-electron chi connectivity index (χ2n) is 7.84. The summed E-state index contributed by atoms with van der Waals surface area (Å²) in [5.41, 5.74) is 5.06. The van der Waals surface area contributed by atoms with Gasteiger partial charge in [-0.3, -0.25) is 9.78 Å². The van der Waals surface area contributed by atoms with Crippen molar-refractivity contribution in [2.75, 3.05) is 18.0 Å². The Morgan fingerprint density at radius 3 is 2.62 bits per heavy atom. The van der Waals surface area contributed by atoms with Crippen LogP contribution in [0.4, 0.5) is 5.82 Å². The fraction of sp³-hybridized carbons (Fsp3) is 0.375.